The molecule has 1 aromatic heterocycles. The number of nitrogens with zero attached hydrogens (tertiary/aromatic N) is 1. The fourth-order valence-corrected chi connectivity index (χ4v) is 1.99. The molecular formula is C12H10N4O. The van der Waals surface area contributed by atoms with Crippen molar-refractivity contribution < 1.29 is 4.79 Å². The van der Waals surface area contributed by atoms with Gasteiger partial charge in [0.05, 0.1) is 0 Å². The first kappa shape index (κ1) is 9.80. The van der Waals surface area contributed by atoms with Gasteiger partial charge < -0.3 is 0 Å². The van der Waals surface area contributed by atoms with Gasteiger partial charge in [-0.25, -0.2) is 5.84 Å². The summed E-state index contributed by atoms with van der Waals surface area (Å²) in [5.41, 5.74) is 3.26. The first-order valence-corrected chi connectivity index (χ1v) is 5.18. The Bertz CT molecular complexity index is 717. The van der Waals surface area contributed by atoms with Gasteiger partial charge in [0.25, 0.3) is 5.91 Å². The second kappa shape index (κ2) is 3.57. The van der Waals surface area contributed by atoms with Crippen molar-refractivity contribution in [3.05, 3.63) is 42.1 Å². The molecule has 3 rings (SSSR count). The molecule has 0 aliphatic carbocycles. The Morgan fingerprint density at radius 1 is 1.18 bits per heavy atom. The number of aromatic nitrogens is 2. The lowest BCUT2D eigenvalue weighted by Crippen LogP contribution is -2.30. The zero-order chi connectivity index (χ0) is 11.8. The molecule has 0 radical (unpaired) electrons. The molecule has 4 N–H and O–H groups in total. The first-order chi connectivity index (χ1) is 8.31. The number of hydrogen-bond acceptors (Lipinski definition) is 3. The summed E-state index contributed by atoms with van der Waals surface area (Å²) in [4.78, 5) is 11.5. The average molecular weight is 226 g/mol. The molecule has 1 heterocycles. The molecule has 0 saturated heterocycles. The third-order valence-corrected chi connectivity index (χ3v) is 2.81. The molecule has 0 spiro atoms. The maximum absolute atomic E-state index is 11.5. The predicted molar refractivity (Wildman–Crippen MR) is 65.3 cm³/mol. The van der Waals surface area contributed by atoms with Crippen LogP contribution in [-0.4, -0.2) is 16.1 Å². The molecule has 2 aromatic carbocycles. The molecule has 0 saturated carbocycles. The van der Waals surface area contributed by atoms with E-state index in [4.69, 9.17) is 5.84 Å². The van der Waals surface area contributed by atoms with E-state index in [1.54, 1.807) is 0 Å². The van der Waals surface area contributed by atoms with E-state index in [1.165, 1.54) is 0 Å². The largest absolute Gasteiger partial charge is 0.289 e. The van der Waals surface area contributed by atoms with Gasteiger partial charge in [-0.3, -0.25) is 15.3 Å². The molecule has 0 aliphatic rings. The van der Waals surface area contributed by atoms with Crippen LogP contribution in [0.2, 0.25) is 0 Å². The topological polar surface area (TPSA) is 83.8 Å². The fourth-order valence-electron chi connectivity index (χ4n) is 1.99. The molecule has 5 nitrogen and oxygen atoms in total. The number of nitrogen functional groups attached to an aromatic ring is 1. The number of fused-ring (bicyclic) bond motifs is 3. The number of amides is 1. The summed E-state index contributed by atoms with van der Waals surface area (Å²) >= 11 is 0. The Labute approximate surface area is 96.6 Å². The van der Waals surface area contributed by atoms with Crippen LogP contribution in [0.15, 0.2) is 36.4 Å². The van der Waals surface area contributed by atoms with Gasteiger partial charge in [-0.15, -0.1) is 0 Å². The lowest BCUT2D eigenvalue weighted by molar-refractivity contribution is 0.0950. The Morgan fingerprint density at radius 2 is 2.00 bits per heavy atom. The Kier molecular flexibility index (Phi) is 2.06. The monoisotopic (exact) mass is 226 g/mol. The second-order valence-electron chi connectivity index (χ2n) is 3.75. The molecule has 17 heavy (non-hydrogen) atoms. The summed E-state index contributed by atoms with van der Waals surface area (Å²) in [6.45, 7) is 0. The van der Waals surface area contributed by atoms with Crippen LogP contribution in [0, 0.1) is 0 Å². The minimum atomic E-state index is -0.372. The van der Waals surface area contributed by atoms with Crippen LogP contribution in [0.3, 0.4) is 0 Å². The molecule has 0 bridgehead atoms. The van der Waals surface area contributed by atoms with Crippen LogP contribution in [0.25, 0.3) is 21.7 Å². The van der Waals surface area contributed by atoms with Crippen molar-refractivity contribution in [3.8, 4) is 0 Å². The highest BCUT2D eigenvalue weighted by Gasteiger charge is 2.13. The SMILES string of the molecule is NNC(=O)c1[nH]nc2c1ccc1ccccc12. The highest BCUT2D eigenvalue weighted by molar-refractivity contribution is 6.12. The number of benzene rings is 2. The van der Waals surface area contributed by atoms with Gasteiger partial charge in [0.2, 0.25) is 0 Å². The van der Waals surface area contributed by atoms with E-state index in [1.807, 2.05) is 36.4 Å². The minimum Gasteiger partial charge on any atom is -0.289 e. The number of carbonyl (C=O) groups is 1. The van der Waals surface area contributed by atoms with E-state index in [2.05, 4.69) is 15.6 Å². The van der Waals surface area contributed by atoms with Crippen LogP contribution in [0.1, 0.15) is 10.5 Å². The number of hydrogen-bond donors (Lipinski definition) is 3. The van der Waals surface area contributed by atoms with E-state index in [0.717, 1.165) is 21.7 Å². The number of rotatable bonds is 1. The van der Waals surface area contributed by atoms with Crippen molar-refractivity contribution in [1.29, 1.82) is 0 Å². The molecule has 0 aliphatic heterocycles. The fraction of sp³-hybridized carbons (Fsp3) is 0. The molecule has 1 amide bonds. The zero-order valence-electron chi connectivity index (χ0n) is 8.90. The Hall–Kier alpha value is -2.40. The first-order valence-electron chi connectivity index (χ1n) is 5.18. The third kappa shape index (κ3) is 1.37. The predicted octanol–water partition coefficient (Wildman–Crippen LogP) is 1.32. The highest BCUT2D eigenvalue weighted by atomic mass is 16.2. The number of H-pyrrole nitrogens is 1. The summed E-state index contributed by atoms with van der Waals surface area (Å²) in [7, 11) is 0. The van der Waals surface area contributed by atoms with E-state index in [9.17, 15) is 4.79 Å². The van der Waals surface area contributed by atoms with Gasteiger partial charge in [-0.05, 0) is 11.5 Å². The smallest absolute Gasteiger partial charge is 0.283 e. The number of aromatic amines is 1. The van der Waals surface area contributed by atoms with Gasteiger partial charge in [-0.2, -0.15) is 5.10 Å². The van der Waals surface area contributed by atoms with Crippen LogP contribution in [0.5, 0.6) is 0 Å². The van der Waals surface area contributed by atoms with Crippen LogP contribution in [0.4, 0.5) is 0 Å². The van der Waals surface area contributed by atoms with Crippen molar-refractivity contribution in [2.45, 2.75) is 0 Å². The van der Waals surface area contributed by atoms with Crippen LogP contribution < -0.4 is 11.3 Å². The maximum Gasteiger partial charge on any atom is 0.283 e. The molecule has 5 heteroatoms. The van der Waals surface area contributed by atoms with Crippen LogP contribution in [-0.2, 0) is 0 Å². The van der Waals surface area contributed by atoms with Crippen molar-refractivity contribution in [2.24, 2.45) is 5.84 Å². The van der Waals surface area contributed by atoms with Gasteiger partial charge in [-0.1, -0.05) is 30.3 Å². The van der Waals surface area contributed by atoms with Gasteiger partial charge in [0.15, 0.2) is 0 Å². The summed E-state index contributed by atoms with van der Waals surface area (Å²) < 4.78 is 0. The third-order valence-electron chi connectivity index (χ3n) is 2.81. The summed E-state index contributed by atoms with van der Waals surface area (Å²) in [6, 6.07) is 11.7. The van der Waals surface area contributed by atoms with Gasteiger partial charge in [0.1, 0.15) is 11.2 Å². The standard InChI is InChI=1S/C12H10N4O/c13-14-12(17)11-9-6-5-7-3-1-2-4-8(7)10(9)15-16-11/h1-6H,13H2,(H,14,17)(H,15,16). The minimum absolute atomic E-state index is 0.372. The second-order valence-corrected chi connectivity index (χ2v) is 3.75. The lowest BCUT2D eigenvalue weighted by Gasteiger charge is -1.99. The van der Waals surface area contributed by atoms with Crippen molar-refractivity contribution >= 4 is 27.6 Å². The van der Waals surface area contributed by atoms with Crippen molar-refractivity contribution in [2.75, 3.05) is 0 Å². The number of nitrogens with two attached hydrogens (primary N) is 1. The van der Waals surface area contributed by atoms with E-state index in [0.29, 0.717) is 5.69 Å². The normalized spacial score (nSPS) is 10.9. The Balaban J connectivity index is 2.39. The quantitative estimate of drug-likeness (QED) is 0.332. The van der Waals surface area contributed by atoms with E-state index in [-0.39, 0.29) is 5.91 Å². The average Bonchev–Trinajstić information content (AvgIpc) is 2.82. The molecule has 0 unspecified atom stereocenters. The lowest BCUT2D eigenvalue weighted by atomic mass is 10.1. The summed E-state index contributed by atoms with van der Waals surface area (Å²) in [6.07, 6.45) is 0. The Morgan fingerprint density at radius 3 is 2.82 bits per heavy atom. The molecular weight excluding hydrogens is 216 g/mol. The number of nitrogens with one attached hydrogen (secondary N) is 2. The molecule has 3 aromatic rings. The highest BCUT2D eigenvalue weighted by Crippen LogP contribution is 2.25. The zero-order valence-corrected chi connectivity index (χ0v) is 8.90. The van der Waals surface area contributed by atoms with Crippen molar-refractivity contribution in [1.82, 2.24) is 15.6 Å². The van der Waals surface area contributed by atoms with E-state index >= 15 is 0 Å². The molecule has 0 atom stereocenters. The number of hydrazine groups is 1. The maximum atomic E-state index is 11.5. The number of carbonyl (C=O) groups excluding carboxylic acids is 1. The van der Waals surface area contributed by atoms with Gasteiger partial charge in [0, 0.05) is 10.8 Å². The van der Waals surface area contributed by atoms with E-state index < -0.39 is 0 Å². The van der Waals surface area contributed by atoms with Crippen LogP contribution >= 0.6 is 0 Å². The summed E-state index contributed by atoms with van der Waals surface area (Å²) in [5, 5.41) is 9.76. The molecule has 0 fully saturated rings. The summed E-state index contributed by atoms with van der Waals surface area (Å²) in [5.74, 6) is 4.75. The molecule has 84 valence electrons. The van der Waals surface area contributed by atoms with Gasteiger partial charge >= 0.3 is 0 Å². The van der Waals surface area contributed by atoms with Crippen molar-refractivity contribution in [3.63, 3.8) is 0 Å².